The maximum Gasteiger partial charge on any atom is 0.144 e. The summed E-state index contributed by atoms with van der Waals surface area (Å²) in [5.41, 5.74) is 7.78. The maximum atomic E-state index is 6.19. The molecule has 1 aromatic rings. The Morgan fingerprint density at radius 2 is 2.25 bits per heavy atom. The molecule has 1 aliphatic rings. The van der Waals surface area contributed by atoms with E-state index in [1.54, 1.807) is 0 Å². The Morgan fingerprint density at radius 1 is 1.45 bits per heavy atom. The Labute approximate surface area is 121 Å². The summed E-state index contributed by atoms with van der Waals surface area (Å²) in [6.07, 6.45) is 2.96. The molecule has 1 aliphatic heterocycles. The fourth-order valence-corrected chi connectivity index (χ4v) is 2.58. The Hall–Kier alpha value is -1.42. The van der Waals surface area contributed by atoms with E-state index in [2.05, 4.69) is 26.1 Å². The van der Waals surface area contributed by atoms with E-state index in [9.17, 15) is 0 Å². The van der Waals surface area contributed by atoms with Crippen LogP contribution in [-0.4, -0.2) is 24.9 Å². The zero-order valence-corrected chi connectivity index (χ0v) is 12.7. The average Bonchev–Trinajstić information content (AvgIpc) is 2.39. The van der Waals surface area contributed by atoms with Crippen molar-refractivity contribution in [1.82, 2.24) is 0 Å². The molecule has 0 radical (unpaired) electrons. The summed E-state index contributed by atoms with van der Waals surface area (Å²) >= 11 is 0. The summed E-state index contributed by atoms with van der Waals surface area (Å²) in [6.45, 7) is 7.83. The van der Waals surface area contributed by atoms with E-state index < -0.39 is 0 Å². The lowest BCUT2D eigenvalue weighted by Crippen LogP contribution is -2.40. The second kappa shape index (κ2) is 6.35. The molecule has 2 rings (SSSR count). The van der Waals surface area contributed by atoms with Crippen LogP contribution in [0.1, 0.15) is 40.0 Å². The van der Waals surface area contributed by atoms with Gasteiger partial charge in [-0.1, -0.05) is 13.0 Å². The topological polar surface area (TPSA) is 56.5 Å². The van der Waals surface area contributed by atoms with Crippen molar-refractivity contribution in [2.75, 3.05) is 24.3 Å². The van der Waals surface area contributed by atoms with Crippen LogP contribution in [-0.2, 0) is 4.74 Å². The minimum Gasteiger partial charge on any atom is -0.491 e. The highest BCUT2D eigenvalue weighted by atomic mass is 16.5. The highest BCUT2D eigenvalue weighted by Gasteiger charge is 2.29. The van der Waals surface area contributed by atoms with Gasteiger partial charge in [0, 0.05) is 12.6 Å². The quantitative estimate of drug-likeness (QED) is 0.810. The number of nitrogen functional groups attached to an aromatic ring is 1. The van der Waals surface area contributed by atoms with Gasteiger partial charge in [-0.05, 0) is 45.2 Å². The van der Waals surface area contributed by atoms with Crippen LogP contribution >= 0.6 is 0 Å². The van der Waals surface area contributed by atoms with Crippen molar-refractivity contribution in [1.29, 1.82) is 0 Å². The first-order chi connectivity index (χ1) is 9.52. The first kappa shape index (κ1) is 15.0. The van der Waals surface area contributed by atoms with Crippen LogP contribution in [0.15, 0.2) is 18.2 Å². The zero-order chi connectivity index (χ0) is 14.6. The normalized spacial score (nSPS) is 21.4. The molecule has 3 N–H and O–H groups in total. The fraction of sp³-hybridized carbons (Fsp3) is 0.625. The molecular weight excluding hydrogens is 252 g/mol. The molecule has 20 heavy (non-hydrogen) atoms. The number of rotatable bonds is 5. The molecule has 4 nitrogen and oxygen atoms in total. The first-order valence-corrected chi connectivity index (χ1v) is 7.43. The van der Waals surface area contributed by atoms with Crippen LogP contribution in [0, 0.1) is 0 Å². The van der Waals surface area contributed by atoms with Gasteiger partial charge in [0.2, 0.25) is 0 Å². The third-order valence-electron chi connectivity index (χ3n) is 3.58. The van der Waals surface area contributed by atoms with Gasteiger partial charge in [-0.25, -0.2) is 0 Å². The average molecular weight is 278 g/mol. The van der Waals surface area contributed by atoms with Crippen molar-refractivity contribution in [2.24, 2.45) is 0 Å². The monoisotopic (exact) mass is 278 g/mol. The van der Waals surface area contributed by atoms with Crippen LogP contribution in [0.5, 0.6) is 5.75 Å². The van der Waals surface area contributed by atoms with E-state index in [1.807, 2.05) is 18.2 Å². The number of nitrogens with two attached hydrogens (primary N) is 1. The fourth-order valence-electron chi connectivity index (χ4n) is 2.58. The Morgan fingerprint density at radius 3 is 2.95 bits per heavy atom. The Bertz CT molecular complexity index is 446. The molecule has 1 heterocycles. The molecule has 4 heteroatoms. The van der Waals surface area contributed by atoms with Crippen LogP contribution in [0.3, 0.4) is 0 Å². The molecule has 0 amide bonds. The molecule has 0 aromatic heterocycles. The number of hydrogen-bond acceptors (Lipinski definition) is 4. The molecule has 1 fully saturated rings. The predicted molar refractivity (Wildman–Crippen MR) is 83.3 cm³/mol. The van der Waals surface area contributed by atoms with E-state index >= 15 is 0 Å². The Balaban J connectivity index is 2.05. The molecule has 1 aromatic carbocycles. The van der Waals surface area contributed by atoms with E-state index in [0.717, 1.165) is 37.3 Å². The lowest BCUT2D eigenvalue weighted by molar-refractivity contribution is -0.0553. The summed E-state index contributed by atoms with van der Waals surface area (Å²) in [5, 5.41) is 3.54. The lowest BCUT2D eigenvalue weighted by Gasteiger charge is -2.36. The van der Waals surface area contributed by atoms with Crippen LogP contribution < -0.4 is 15.8 Å². The van der Waals surface area contributed by atoms with Crippen molar-refractivity contribution in [3.8, 4) is 5.75 Å². The van der Waals surface area contributed by atoms with Crippen molar-refractivity contribution in [3.63, 3.8) is 0 Å². The molecule has 1 atom stereocenters. The van der Waals surface area contributed by atoms with Gasteiger partial charge in [-0.15, -0.1) is 0 Å². The maximum absolute atomic E-state index is 6.19. The molecule has 112 valence electrons. The van der Waals surface area contributed by atoms with Gasteiger partial charge >= 0.3 is 0 Å². The van der Waals surface area contributed by atoms with Gasteiger partial charge < -0.3 is 20.5 Å². The van der Waals surface area contributed by atoms with E-state index in [0.29, 0.717) is 18.3 Å². The predicted octanol–water partition coefficient (Wildman–Crippen LogP) is 3.43. The van der Waals surface area contributed by atoms with Gasteiger partial charge in [0.15, 0.2) is 0 Å². The number of hydrogen-bond donors (Lipinski definition) is 2. The van der Waals surface area contributed by atoms with Gasteiger partial charge in [-0.2, -0.15) is 0 Å². The van der Waals surface area contributed by atoms with E-state index in [1.165, 1.54) is 0 Å². The van der Waals surface area contributed by atoms with Crippen LogP contribution in [0.2, 0.25) is 0 Å². The second-order valence-corrected chi connectivity index (χ2v) is 6.01. The summed E-state index contributed by atoms with van der Waals surface area (Å²) in [6, 6.07) is 6.30. The molecule has 0 aliphatic carbocycles. The smallest absolute Gasteiger partial charge is 0.144 e. The van der Waals surface area contributed by atoms with Gasteiger partial charge in [0.25, 0.3) is 0 Å². The van der Waals surface area contributed by atoms with E-state index in [4.69, 9.17) is 15.2 Å². The minimum atomic E-state index is -0.0685. The van der Waals surface area contributed by atoms with Gasteiger partial charge in [-0.3, -0.25) is 0 Å². The van der Waals surface area contributed by atoms with Crippen molar-refractivity contribution in [3.05, 3.63) is 18.2 Å². The van der Waals surface area contributed by atoms with Gasteiger partial charge in [0.1, 0.15) is 5.75 Å². The van der Waals surface area contributed by atoms with Crippen molar-refractivity contribution >= 4 is 11.4 Å². The molecule has 1 saturated heterocycles. The zero-order valence-electron chi connectivity index (χ0n) is 12.7. The minimum absolute atomic E-state index is 0.0685. The first-order valence-electron chi connectivity index (χ1n) is 7.43. The second-order valence-electron chi connectivity index (χ2n) is 6.01. The summed E-state index contributed by atoms with van der Waals surface area (Å²) in [7, 11) is 0. The SMILES string of the molecule is CCCOc1cccc(NC2CCOC(C)(C)C2)c1N. The highest BCUT2D eigenvalue weighted by molar-refractivity contribution is 5.73. The lowest BCUT2D eigenvalue weighted by atomic mass is 9.93. The largest absolute Gasteiger partial charge is 0.491 e. The van der Waals surface area contributed by atoms with E-state index in [-0.39, 0.29) is 5.60 Å². The van der Waals surface area contributed by atoms with Gasteiger partial charge in [0.05, 0.1) is 23.6 Å². The molecule has 0 bridgehead atoms. The van der Waals surface area contributed by atoms with Crippen molar-refractivity contribution < 1.29 is 9.47 Å². The molecular formula is C16H26N2O2. The number of anilines is 2. The third-order valence-corrected chi connectivity index (χ3v) is 3.58. The Kier molecular flexibility index (Phi) is 4.76. The molecule has 1 unspecified atom stereocenters. The standard InChI is InChI=1S/C16H26N2O2/c1-4-9-19-14-7-5-6-13(15(14)17)18-12-8-10-20-16(2,3)11-12/h5-7,12,18H,4,8-11,17H2,1-3H3. The number of ether oxygens (including phenoxy) is 2. The summed E-state index contributed by atoms with van der Waals surface area (Å²) in [5.74, 6) is 0.767. The molecule has 0 saturated carbocycles. The number of benzene rings is 1. The van der Waals surface area contributed by atoms with Crippen molar-refractivity contribution in [2.45, 2.75) is 51.7 Å². The molecule has 0 spiro atoms. The number of nitrogens with one attached hydrogen (secondary N) is 1. The highest BCUT2D eigenvalue weighted by Crippen LogP contribution is 2.32. The summed E-state index contributed by atoms with van der Waals surface area (Å²) < 4.78 is 11.4. The third kappa shape index (κ3) is 3.79. The summed E-state index contributed by atoms with van der Waals surface area (Å²) in [4.78, 5) is 0. The van der Waals surface area contributed by atoms with Crippen LogP contribution in [0.4, 0.5) is 11.4 Å². The number of para-hydroxylation sites is 1. The van der Waals surface area contributed by atoms with Crippen LogP contribution in [0.25, 0.3) is 0 Å².